The second-order valence-electron chi connectivity index (χ2n) is 20.5. The van der Waals surface area contributed by atoms with Crippen LogP contribution in [0.15, 0.2) is 124 Å². The lowest BCUT2D eigenvalue weighted by Gasteiger charge is -2.41. The highest BCUT2D eigenvalue weighted by atomic mass is 32.2. The average Bonchev–Trinajstić information content (AvgIpc) is 3.34. The maximum atomic E-state index is 13.3. The summed E-state index contributed by atoms with van der Waals surface area (Å²) in [4.78, 5) is 28.6. The van der Waals surface area contributed by atoms with Crippen molar-refractivity contribution in [3.63, 3.8) is 0 Å². The summed E-state index contributed by atoms with van der Waals surface area (Å²) in [6.45, 7) is 39.4. The molecule has 73 heavy (non-hydrogen) atoms. The number of benzene rings is 3. The first-order valence-electron chi connectivity index (χ1n) is 26.1. The van der Waals surface area contributed by atoms with Gasteiger partial charge in [0, 0.05) is 85.4 Å². The summed E-state index contributed by atoms with van der Waals surface area (Å²) in [6.07, 6.45) is 6.95. The van der Waals surface area contributed by atoms with E-state index in [-0.39, 0.29) is 28.4 Å². The van der Waals surface area contributed by atoms with Crippen LogP contribution in [0, 0.1) is 27.9 Å². The summed E-state index contributed by atoms with van der Waals surface area (Å²) >= 11 is 1.71. The summed E-state index contributed by atoms with van der Waals surface area (Å²) in [5.74, 6) is -0.350. The predicted molar refractivity (Wildman–Crippen MR) is 309 cm³/mol. The summed E-state index contributed by atoms with van der Waals surface area (Å²) in [5, 5.41) is 6.78. The summed E-state index contributed by atoms with van der Waals surface area (Å²) in [7, 11) is 3.25. The van der Waals surface area contributed by atoms with Crippen LogP contribution in [0.4, 0.5) is 24.5 Å². The number of methoxy groups -OCH3 is 1. The van der Waals surface area contributed by atoms with Crippen LogP contribution >= 0.6 is 11.9 Å². The molecule has 0 bridgehead atoms. The third kappa shape index (κ3) is 22.8. The third-order valence-corrected chi connectivity index (χ3v) is 13.1. The number of ether oxygens (including phenoxy) is 1. The van der Waals surface area contributed by atoms with E-state index < -0.39 is 17.0 Å². The maximum absolute atomic E-state index is 13.3. The number of nitrogens with one attached hydrogen (secondary N) is 2. The van der Waals surface area contributed by atoms with Crippen LogP contribution in [0.25, 0.3) is 0 Å². The molecule has 5 rings (SSSR count). The van der Waals surface area contributed by atoms with E-state index in [9.17, 15) is 22.8 Å². The molecule has 12 heteroatoms. The summed E-state index contributed by atoms with van der Waals surface area (Å²) in [6, 6.07) is 21.4. The number of rotatable bonds is 15. The van der Waals surface area contributed by atoms with Crippen LogP contribution in [-0.4, -0.2) is 74.5 Å². The van der Waals surface area contributed by atoms with E-state index in [1.165, 1.54) is 54.1 Å². The van der Waals surface area contributed by atoms with Crippen LogP contribution < -0.4 is 16.4 Å². The lowest BCUT2D eigenvalue weighted by atomic mass is 9.71. The normalized spacial score (nSPS) is 17.3. The van der Waals surface area contributed by atoms with Gasteiger partial charge in [0.2, 0.25) is 5.91 Å². The topological polar surface area (TPSA) is 99.9 Å². The number of alkyl halides is 1. The molecular weight excluding hydrogens is 940 g/mol. The highest BCUT2D eigenvalue weighted by Crippen LogP contribution is 2.44. The molecule has 8 nitrogen and oxygen atoms in total. The van der Waals surface area contributed by atoms with Crippen molar-refractivity contribution in [1.29, 1.82) is 0 Å². The molecule has 2 aliphatic carbocycles. The summed E-state index contributed by atoms with van der Waals surface area (Å²) < 4.78 is 44.0. The van der Waals surface area contributed by atoms with Gasteiger partial charge in [0.25, 0.3) is 0 Å². The molecule has 2 unspecified atom stereocenters. The Hall–Kier alpha value is -4.62. The molecule has 0 aliphatic heterocycles. The Balaban J connectivity index is 0.00000120. The highest BCUT2D eigenvalue weighted by molar-refractivity contribution is 7.97. The Kier molecular flexibility index (Phi) is 31.2. The molecule has 0 radical (unpaired) electrons. The van der Waals surface area contributed by atoms with Gasteiger partial charge in [-0.25, -0.2) is 17.5 Å². The zero-order valence-electron chi connectivity index (χ0n) is 48.6. The van der Waals surface area contributed by atoms with Crippen LogP contribution in [0.3, 0.4) is 0 Å². The molecule has 0 aromatic heterocycles. The number of nitrogens with zero attached hydrogens (tertiary/aromatic N) is 2. The number of aldehydes is 1. The van der Waals surface area contributed by atoms with Gasteiger partial charge in [-0.3, -0.25) is 4.79 Å². The lowest BCUT2D eigenvalue weighted by Crippen LogP contribution is -2.46. The molecule has 0 fully saturated rings. The van der Waals surface area contributed by atoms with E-state index in [1.807, 2.05) is 60.3 Å². The average molecular weight is 1040 g/mol. The molecule has 0 spiro atoms. The molecule has 0 saturated carbocycles. The number of allylic oxidation sites excluding steroid dienone is 3. The van der Waals surface area contributed by atoms with Gasteiger partial charge in [0.05, 0.1) is 11.6 Å². The molecule has 0 saturated heterocycles. The highest BCUT2D eigenvalue weighted by Gasteiger charge is 2.39. The largest absolute Gasteiger partial charge is 0.388 e. The fourth-order valence-electron chi connectivity index (χ4n) is 8.01. The van der Waals surface area contributed by atoms with Gasteiger partial charge in [0.1, 0.15) is 17.9 Å². The van der Waals surface area contributed by atoms with Crippen molar-refractivity contribution in [2.45, 2.75) is 160 Å². The van der Waals surface area contributed by atoms with Crippen molar-refractivity contribution < 1.29 is 27.5 Å². The fraction of sp³-hybridized carbons (Fsp3) is 0.541. The van der Waals surface area contributed by atoms with E-state index in [1.54, 1.807) is 50.4 Å². The van der Waals surface area contributed by atoms with E-state index >= 15 is 0 Å². The van der Waals surface area contributed by atoms with E-state index in [2.05, 4.69) is 111 Å². The second kappa shape index (κ2) is 33.3. The van der Waals surface area contributed by atoms with E-state index in [0.29, 0.717) is 32.6 Å². The monoisotopic (exact) mass is 1040 g/mol. The van der Waals surface area contributed by atoms with Crippen LogP contribution in [-0.2, 0) is 19.7 Å². The van der Waals surface area contributed by atoms with Crippen molar-refractivity contribution in [3.05, 3.63) is 136 Å². The fourth-order valence-corrected chi connectivity index (χ4v) is 8.99. The number of amides is 1. The van der Waals surface area contributed by atoms with Gasteiger partial charge < -0.3 is 30.8 Å². The lowest BCUT2D eigenvalue weighted by molar-refractivity contribution is -0.140. The quantitative estimate of drug-likeness (QED) is 0.102. The first-order valence-corrected chi connectivity index (χ1v) is 26.9. The zero-order chi connectivity index (χ0) is 56.3. The minimum absolute atomic E-state index is 0.127. The molecule has 2 aliphatic rings. The zero-order valence-corrected chi connectivity index (χ0v) is 49.4. The predicted octanol–water partition coefficient (Wildman–Crippen LogP) is 16.1. The van der Waals surface area contributed by atoms with Gasteiger partial charge >= 0.3 is 0 Å². The van der Waals surface area contributed by atoms with Gasteiger partial charge in [-0.05, 0) is 161 Å². The van der Waals surface area contributed by atoms with Crippen molar-refractivity contribution in [3.8, 4) is 0 Å². The molecular formula is C61H96F3N5O3S. The van der Waals surface area contributed by atoms with Gasteiger partial charge in [0.15, 0.2) is 0 Å². The van der Waals surface area contributed by atoms with Gasteiger partial charge in [-0.2, -0.15) is 0 Å². The minimum Gasteiger partial charge on any atom is -0.388 e. The standard InChI is InChI=1S/C29H37FN2OS.C23H34FN3O.C3H7F.C2H6O.2C2H6/c1-7-22-17-27(31-25-13-11-24(30)12-14-25)21(3)18-29(22,20-33)19-32(8-2)34-26-15-9-23(10-16-26)28(4,5)6;1-7-27(21(28)22(3,4)5)15-23(6)13-17(14-25)20(12-16(23)2)26-19-10-8-18(24)9-11-19;1-3(2)4;1-3-2;2*1-2/h9-17,20,31H,7-8,18-19H2,1-6H3;8-12,26H,7,13-15,25H2,1-6H3;3H,1-2H3;1-2H3;2*1-2H3. The Morgan fingerprint density at radius 1 is 0.781 bits per heavy atom. The number of carbonyl (C=O) groups is 2. The van der Waals surface area contributed by atoms with Crippen LogP contribution in [0.1, 0.15) is 149 Å². The third-order valence-electron chi connectivity index (χ3n) is 12.0. The second-order valence-corrected chi connectivity index (χ2v) is 21.7. The Morgan fingerprint density at radius 2 is 1.25 bits per heavy atom. The molecule has 410 valence electrons. The Morgan fingerprint density at radius 3 is 1.63 bits per heavy atom. The number of hydrogen-bond acceptors (Lipinski definition) is 8. The Bertz CT molecular complexity index is 2210. The first kappa shape index (κ1) is 68.4. The number of nitrogens with two attached hydrogens (primary N) is 1. The molecule has 3 aromatic carbocycles. The minimum atomic E-state index is -0.667. The van der Waals surface area contributed by atoms with Crippen molar-refractivity contribution in [1.82, 2.24) is 9.21 Å². The molecule has 3 aromatic rings. The number of halogens is 3. The summed E-state index contributed by atoms with van der Waals surface area (Å²) in [5.41, 5.74) is 14.6. The number of carbonyl (C=O) groups excluding carboxylic acids is 2. The van der Waals surface area contributed by atoms with Crippen LogP contribution in [0.5, 0.6) is 0 Å². The first-order chi connectivity index (χ1) is 34.2. The molecule has 1 amide bonds. The van der Waals surface area contributed by atoms with Crippen molar-refractivity contribution in [2.24, 2.45) is 22.0 Å². The number of hydrogen-bond donors (Lipinski definition) is 3. The van der Waals surface area contributed by atoms with Crippen molar-refractivity contribution >= 4 is 35.5 Å². The van der Waals surface area contributed by atoms with Crippen LogP contribution in [0.2, 0.25) is 0 Å². The SMILES string of the molecule is CC.CC.CC(C)F.CCC1=CC(Nc2ccc(F)cc2)=C(C)CC1(C=O)CN(CC)Sc1ccc(C(C)(C)C)cc1.CCN(CC1(C)CC(CN)=C(Nc2ccc(F)cc2)C=C1C)C(=O)C(C)(C)C.COC. The van der Waals surface area contributed by atoms with Gasteiger partial charge in [-0.1, -0.05) is 113 Å². The number of anilines is 2. The van der Waals surface area contributed by atoms with Gasteiger partial charge in [-0.15, -0.1) is 0 Å². The maximum Gasteiger partial charge on any atom is 0.227 e. The molecule has 2 atom stereocenters. The molecule has 0 heterocycles. The van der Waals surface area contributed by atoms with Crippen molar-refractivity contribution in [2.75, 3.05) is 57.6 Å². The van der Waals surface area contributed by atoms with E-state index in [0.717, 1.165) is 65.2 Å². The molecule has 4 N–H and O–H groups in total. The smallest absolute Gasteiger partial charge is 0.227 e. The Labute approximate surface area is 446 Å². The van der Waals surface area contributed by atoms with E-state index in [4.69, 9.17) is 5.73 Å².